The minimum atomic E-state index is -1.30. The first-order chi connectivity index (χ1) is 8.51. The zero-order valence-corrected chi connectivity index (χ0v) is 10.2. The van der Waals surface area contributed by atoms with Gasteiger partial charge in [0.1, 0.15) is 24.4 Å². The average Bonchev–Trinajstić information content (AvgIpc) is 2.33. The van der Waals surface area contributed by atoms with Gasteiger partial charge in [-0.05, 0) is 0 Å². The molecule has 0 radical (unpaired) electrons. The first kappa shape index (κ1) is 15.3. The number of amides is 1. The van der Waals surface area contributed by atoms with Gasteiger partial charge in [-0.15, -0.1) is 0 Å². The van der Waals surface area contributed by atoms with Crippen molar-refractivity contribution in [2.75, 3.05) is 19.8 Å². The van der Waals surface area contributed by atoms with Crippen molar-refractivity contribution in [2.45, 2.75) is 37.6 Å². The molecule has 0 aromatic carbocycles. The predicted molar refractivity (Wildman–Crippen MR) is 60.4 cm³/mol. The summed E-state index contributed by atoms with van der Waals surface area (Å²) in [7, 11) is 0. The molecule has 5 atom stereocenters. The first-order valence-corrected chi connectivity index (χ1v) is 5.72. The van der Waals surface area contributed by atoms with Gasteiger partial charge in [0.2, 0.25) is 5.91 Å². The van der Waals surface area contributed by atoms with Crippen LogP contribution in [0.2, 0.25) is 0 Å². The highest BCUT2D eigenvalue weighted by Gasteiger charge is 2.45. The van der Waals surface area contributed by atoms with Gasteiger partial charge in [0.05, 0.1) is 13.2 Å². The van der Waals surface area contributed by atoms with Gasteiger partial charge in [-0.25, -0.2) is 0 Å². The molecule has 0 aromatic rings. The molecule has 1 fully saturated rings. The number of aliphatic hydroxyl groups is 3. The molecule has 8 nitrogen and oxygen atoms in total. The van der Waals surface area contributed by atoms with Crippen LogP contribution in [0.3, 0.4) is 0 Å². The van der Waals surface area contributed by atoms with Crippen molar-refractivity contribution < 1.29 is 29.6 Å². The second kappa shape index (κ2) is 6.98. The van der Waals surface area contributed by atoms with Crippen LogP contribution in [-0.2, 0) is 14.3 Å². The first-order valence-electron chi connectivity index (χ1n) is 5.72. The van der Waals surface area contributed by atoms with E-state index in [9.17, 15) is 15.0 Å². The Morgan fingerprint density at radius 2 is 2.11 bits per heavy atom. The molecule has 0 spiro atoms. The van der Waals surface area contributed by atoms with Crippen molar-refractivity contribution in [1.29, 1.82) is 0 Å². The maximum Gasteiger partial charge on any atom is 0.217 e. The molecular formula is C10H20N2O6. The van der Waals surface area contributed by atoms with Crippen molar-refractivity contribution in [3.8, 4) is 0 Å². The maximum absolute atomic E-state index is 11.0. The van der Waals surface area contributed by atoms with Gasteiger partial charge in [0.25, 0.3) is 0 Å². The van der Waals surface area contributed by atoms with Crippen LogP contribution in [0.5, 0.6) is 0 Å². The summed E-state index contributed by atoms with van der Waals surface area (Å²) in [5.41, 5.74) is 5.29. The largest absolute Gasteiger partial charge is 0.394 e. The number of ether oxygens (including phenoxy) is 2. The second-order valence-electron chi connectivity index (χ2n) is 4.09. The molecule has 0 aromatic heterocycles. The van der Waals surface area contributed by atoms with Gasteiger partial charge in [0, 0.05) is 13.5 Å². The van der Waals surface area contributed by atoms with Gasteiger partial charge in [-0.2, -0.15) is 0 Å². The highest BCUT2D eigenvalue weighted by atomic mass is 16.7. The molecule has 1 heterocycles. The molecule has 0 aliphatic carbocycles. The van der Waals surface area contributed by atoms with E-state index in [0.29, 0.717) is 0 Å². The van der Waals surface area contributed by atoms with Crippen LogP contribution in [0.1, 0.15) is 6.92 Å². The maximum atomic E-state index is 11.0. The number of hydrogen-bond acceptors (Lipinski definition) is 7. The lowest BCUT2D eigenvalue weighted by Gasteiger charge is -2.42. The predicted octanol–water partition coefficient (Wildman–Crippen LogP) is -3.09. The van der Waals surface area contributed by atoms with Crippen LogP contribution in [-0.4, -0.2) is 71.6 Å². The molecule has 1 aliphatic heterocycles. The van der Waals surface area contributed by atoms with Crippen molar-refractivity contribution >= 4 is 5.91 Å². The smallest absolute Gasteiger partial charge is 0.217 e. The van der Waals surface area contributed by atoms with Crippen LogP contribution in [0.4, 0.5) is 0 Å². The van der Waals surface area contributed by atoms with Gasteiger partial charge in [-0.1, -0.05) is 0 Å². The van der Waals surface area contributed by atoms with Gasteiger partial charge in [0.15, 0.2) is 6.29 Å². The number of nitrogens with one attached hydrogen (secondary N) is 1. The molecule has 18 heavy (non-hydrogen) atoms. The lowest BCUT2D eigenvalue weighted by molar-refractivity contribution is -0.269. The third kappa shape index (κ3) is 3.61. The molecule has 106 valence electrons. The Morgan fingerprint density at radius 1 is 1.44 bits per heavy atom. The van der Waals surface area contributed by atoms with Crippen LogP contribution in [0, 0.1) is 0 Å². The minimum Gasteiger partial charge on any atom is -0.394 e. The summed E-state index contributed by atoms with van der Waals surface area (Å²) in [5, 5.41) is 31.1. The summed E-state index contributed by atoms with van der Waals surface area (Å²) in [5.74, 6) is -0.390. The van der Waals surface area contributed by atoms with E-state index in [1.165, 1.54) is 6.92 Å². The molecule has 1 saturated heterocycles. The zero-order valence-electron chi connectivity index (χ0n) is 10.2. The zero-order chi connectivity index (χ0) is 13.7. The Morgan fingerprint density at radius 3 is 2.61 bits per heavy atom. The number of rotatable bonds is 5. The Kier molecular flexibility index (Phi) is 5.93. The van der Waals surface area contributed by atoms with E-state index < -0.39 is 43.2 Å². The standard InChI is InChI=1S/C10H20N2O6/c1-5(14)12-7-9(16)8(15)6(4-13)18-10(7)17-3-2-11/h6-10,13,15-16H,2-4,11H2,1H3,(H,12,14)/t6-,7-,8-,9-,10+/m1/s1. The lowest BCUT2D eigenvalue weighted by atomic mass is 9.97. The monoisotopic (exact) mass is 264 g/mol. The number of carbonyl (C=O) groups excluding carboxylic acids is 1. The van der Waals surface area contributed by atoms with E-state index in [2.05, 4.69) is 5.32 Å². The summed E-state index contributed by atoms with van der Waals surface area (Å²) in [6, 6.07) is -0.910. The van der Waals surface area contributed by atoms with Crippen molar-refractivity contribution in [3.63, 3.8) is 0 Å². The lowest BCUT2D eigenvalue weighted by Crippen LogP contribution is -2.64. The molecule has 1 rings (SSSR count). The molecule has 8 heteroatoms. The Hall–Kier alpha value is -0.770. The van der Waals surface area contributed by atoms with Gasteiger partial charge >= 0.3 is 0 Å². The Balaban J connectivity index is 2.76. The molecule has 0 bridgehead atoms. The van der Waals surface area contributed by atoms with Crippen molar-refractivity contribution in [1.82, 2.24) is 5.32 Å². The number of carbonyl (C=O) groups is 1. The fourth-order valence-electron chi connectivity index (χ4n) is 1.80. The van der Waals surface area contributed by atoms with Gasteiger partial charge in [-0.3, -0.25) is 4.79 Å². The third-order valence-electron chi connectivity index (χ3n) is 2.65. The van der Waals surface area contributed by atoms with Crippen molar-refractivity contribution in [2.24, 2.45) is 5.73 Å². The molecule has 1 aliphatic rings. The molecular weight excluding hydrogens is 244 g/mol. The summed E-state index contributed by atoms with van der Waals surface area (Å²) < 4.78 is 10.5. The number of aliphatic hydroxyl groups excluding tert-OH is 3. The highest BCUT2D eigenvalue weighted by molar-refractivity contribution is 5.73. The summed E-state index contributed by atoms with van der Waals surface area (Å²) in [6.07, 6.45) is -4.52. The second-order valence-corrected chi connectivity index (χ2v) is 4.09. The van der Waals surface area contributed by atoms with Crippen molar-refractivity contribution in [3.05, 3.63) is 0 Å². The average molecular weight is 264 g/mol. The van der Waals surface area contributed by atoms with E-state index >= 15 is 0 Å². The molecule has 6 N–H and O–H groups in total. The number of hydrogen-bond donors (Lipinski definition) is 5. The Labute approximate surface area is 105 Å². The summed E-state index contributed by atoms with van der Waals surface area (Å²) in [6.45, 7) is 1.22. The molecule has 0 unspecified atom stereocenters. The Bertz CT molecular complexity index is 277. The fourth-order valence-corrected chi connectivity index (χ4v) is 1.80. The van der Waals surface area contributed by atoms with E-state index in [1.54, 1.807) is 0 Å². The topological polar surface area (TPSA) is 134 Å². The molecule has 0 saturated carbocycles. The van der Waals surface area contributed by atoms with Crippen LogP contribution in [0.15, 0.2) is 0 Å². The van der Waals surface area contributed by atoms with E-state index in [0.717, 1.165) is 0 Å². The van der Waals surface area contributed by atoms with Crippen LogP contribution < -0.4 is 11.1 Å². The van der Waals surface area contributed by atoms with E-state index in [1.807, 2.05) is 0 Å². The fraction of sp³-hybridized carbons (Fsp3) is 0.900. The number of nitrogens with two attached hydrogens (primary N) is 1. The van der Waals surface area contributed by atoms with Crippen LogP contribution >= 0.6 is 0 Å². The van der Waals surface area contributed by atoms with Crippen LogP contribution in [0.25, 0.3) is 0 Å². The summed E-state index contributed by atoms with van der Waals surface area (Å²) >= 11 is 0. The summed E-state index contributed by atoms with van der Waals surface area (Å²) in [4.78, 5) is 11.0. The van der Waals surface area contributed by atoms with E-state index in [4.69, 9.17) is 20.3 Å². The SMILES string of the molecule is CC(=O)N[C@H]1[C@@H](OCCN)O[C@H](CO)[C@@H](O)[C@@H]1O. The van der Waals surface area contributed by atoms with E-state index in [-0.39, 0.29) is 13.2 Å². The normalized spacial score (nSPS) is 36.4. The highest BCUT2D eigenvalue weighted by Crippen LogP contribution is 2.21. The quantitative estimate of drug-likeness (QED) is 0.355. The van der Waals surface area contributed by atoms with Gasteiger partial charge < -0.3 is 35.8 Å². The molecule has 1 amide bonds. The third-order valence-corrected chi connectivity index (χ3v) is 2.65. The minimum absolute atomic E-state index is 0.168.